The summed E-state index contributed by atoms with van der Waals surface area (Å²) in [6.07, 6.45) is -5.16. The Balaban J connectivity index is 2.05. The number of rotatable bonds is 3. The fourth-order valence-electron chi connectivity index (χ4n) is 2.68. The zero-order valence-corrected chi connectivity index (χ0v) is 12.9. The number of hydrogen-bond donors (Lipinski definition) is 2. The molecule has 2 heterocycles. The highest BCUT2D eigenvalue weighted by Crippen LogP contribution is 2.39. The molecule has 1 aromatic heterocycles. The van der Waals surface area contributed by atoms with Gasteiger partial charge in [0.1, 0.15) is 0 Å². The maximum absolute atomic E-state index is 13.7. The lowest BCUT2D eigenvalue weighted by Gasteiger charge is -2.30. The number of aromatic nitrogens is 2. The summed E-state index contributed by atoms with van der Waals surface area (Å²) in [6.45, 7) is 3.39. The van der Waals surface area contributed by atoms with Crippen molar-refractivity contribution in [3.05, 3.63) is 24.3 Å². The predicted molar refractivity (Wildman–Crippen MR) is 80.4 cm³/mol. The summed E-state index contributed by atoms with van der Waals surface area (Å²) in [6, 6.07) is 6.34. The SMILES string of the molecule is CC(C)CC(=O)NC1(C(F)(F)F)Nc2nc3ccccc3n2C1=O. The molecule has 0 bridgehead atoms. The molecule has 1 atom stereocenters. The van der Waals surface area contributed by atoms with Gasteiger partial charge in [0, 0.05) is 6.42 Å². The molecule has 0 aliphatic carbocycles. The molecule has 24 heavy (non-hydrogen) atoms. The third kappa shape index (κ3) is 2.31. The quantitative estimate of drug-likeness (QED) is 0.900. The number of amides is 1. The smallest absolute Gasteiger partial charge is 0.318 e. The lowest BCUT2D eigenvalue weighted by Crippen LogP contribution is -2.67. The van der Waals surface area contributed by atoms with Crippen LogP contribution in [0.3, 0.4) is 0 Å². The molecule has 128 valence electrons. The number of benzene rings is 1. The molecular formula is C15H15F3N4O2. The highest BCUT2D eigenvalue weighted by Gasteiger charge is 2.66. The van der Waals surface area contributed by atoms with Gasteiger partial charge in [-0.25, -0.2) is 9.55 Å². The Morgan fingerprint density at radius 1 is 1.38 bits per heavy atom. The van der Waals surface area contributed by atoms with Crippen LogP contribution in [0.5, 0.6) is 0 Å². The first-order chi connectivity index (χ1) is 11.2. The van der Waals surface area contributed by atoms with Crippen LogP contribution < -0.4 is 10.6 Å². The molecule has 1 amide bonds. The van der Waals surface area contributed by atoms with Crippen LogP contribution >= 0.6 is 0 Å². The summed E-state index contributed by atoms with van der Waals surface area (Å²) >= 11 is 0. The second-order valence-corrected chi connectivity index (χ2v) is 6.08. The number of para-hydroxylation sites is 2. The van der Waals surface area contributed by atoms with Gasteiger partial charge in [0.15, 0.2) is 0 Å². The first-order valence-electron chi connectivity index (χ1n) is 7.34. The van der Waals surface area contributed by atoms with E-state index in [1.54, 1.807) is 32.0 Å². The van der Waals surface area contributed by atoms with E-state index in [1.165, 1.54) is 6.07 Å². The number of anilines is 1. The van der Waals surface area contributed by atoms with Crippen molar-refractivity contribution in [2.75, 3.05) is 5.32 Å². The van der Waals surface area contributed by atoms with Crippen molar-refractivity contribution in [3.63, 3.8) is 0 Å². The van der Waals surface area contributed by atoms with Gasteiger partial charge in [-0.15, -0.1) is 0 Å². The fraction of sp³-hybridized carbons (Fsp3) is 0.400. The van der Waals surface area contributed by atoms with Crippen molar-refractivity contribution in [1.29, 1.82) is 0 Å². The number of carbonyl (C=O) groups is 2. The maximum Gasteiger partial charge on any atom is 0.440 e. The van der Waals surface area contributed by atoms with Gasteiger partial charge < -0.3 is 10.6 Å². The Morgan fingerprint density at radius 2 is 2.04 bits per heavy atom. The van der Waals surface area contributed by atoms with Gasteiger partial charge in [-0.1, -0.05) is 26.0 Å². The van der Waals surface area contributed by atoms with E-state index < -0.39 is 23.7 Å². The average Bonchev–Trinajstić information content (AvgIpc) is 2.93. The molecule has 2 aromatic rings. The van der Waals surface area contributed by atoms with Gasteiger partial charge in [-0.3, -0.25) is 9.59 Å². The first-order valence-corrected chi connectivity index (χ1v) is 7.34. The van der Waals surface area contributed by atoms with Crippen molar-refractivity contribution in [2.45, 2.75) is 32.1 Å². The van der Waals surface area contributed by atoms with E-state index in [0.29, 0.717) is 5.52 Å². The summed E-state index contributed by atoms with van der Waals surface area (Å²) in [5, 5.41) is 3.90. The summed E-state index contributed by atoms with van der Waals surface area (Å²) in [5.41, 5.74) is -2.57. The van der Waals surface area contributed by atoms with Crippen LogP contribution in [0.15, 0.2) is 24.3 Å². The molecule has 1 aliphatic rings. The normalized spacial score (nSPS) is 20.3. The van der Waals surface area contributed by atoms with E-state index in [-0.39, 0.29) is 23.8 Å². The third-order valence-electron chi connectivity index (χ3n) is 3.73. The zero-order chi connectivity index (χ0) is 17.7. The second kappa shape index (κ2) is 5.22. The molecular weight excluding hydrogens is 325 g/mol. The van der Waals surface area contributed by atoms with Crippen LogP contribution in [0.25, 0.3) is 11.0 Å². The van der Waals surface area contributed by atoms with Crippen molar-refractivity contribution in [3.8, 4) is 0 Å². The van der Waals surface area contributed by atoms with Gasteiger partial charge in [0.05, 0.1) is 11.0 Å². The third-order valence-corrected chi connectivity index (χ3v) is 3.73. The standard InChI is InChI=1S/C15H15F3N4O2/c1-8(2)7-11(23)20-14(15(16,17)18)12(24)22-10-6-4-3-5-9(10)19-13(22)21-14/h3-6,8H,7H2,1-2H3,(H,19,21)(H,20,23). The van der Waals surface area contributed by atoms with Gasteiger partial charge in [0.2, 0.25) is 11.9 Å². The number of imidazole rings is 1. The second-order valence-electron chi connectivity index (χ2n) is 6.08. The molecule has 1 unspecified atom stereocenters. The summed E-state index contributed by atoms with van der Waals surface area (Å²) in [4.78, 5) is 28.5. The first kappa shape index (κ1) is 16.3. The molecule has 9 heteroatoms. The Hall–Kier alpha value is -2.58. The molecule has 0 fully saturated rings. The number of nitrogens with zero attached hydrogens (tertiary/aromatic N) is 2. The lowest BCUT2D eigenvalue weighted by molar-refractivity contribution is -0.176. The van der Waals surface area contributed by atoms with Gasteiger partial charge in [0.25, 0.3) is 11.6 Å². The highest BCUT2D eigenvalue weighted by atomic mass is 19.4. The highest BCUT2D eigenvalue weighted by molar-refractivity contribution is 6.06. The van der Waals surface area contributed by atoms with Crippen LogP contribution in [0.1, 0.15) is 25.1 Å². The van der Waals surface area contributed by atoms with Gasteiger partial charge >= 0.3 is 6.18 Å². The van der Waals surface area contributed by atoms with Crippen molar-refractivity contribution < 1.29 is 22.8 Å². The summed E-state index contributed by atoms with van der Waals surface area (Å²) in [5.74, 6) is -2.58. The van der Waals surface area contributed by atoms with E-state index in [2.05, 4.69) is 10.3 Å². The lowest BCUT2D eigenvalue weighted by atomic mass is 10.1. The van der Waals surface area contributed by atoms with Crippen LogP contribution in [0, 0.1) is 5.92 Å². The van der Waals surface area contributed by atoms with Gasteiger partial charge in [-0.2, -0.15) is 13.2 Å². The minimum atomic E-state index is -5.03. The molecule has 0 spiro atoms. The van der Waals surface area contributed by atoms with E-state index in [4.69, 9.17) is 0 Å². The van der Waals surface area contributed by atoms with E-state index in [0.717, 1.165) is 4.57 Å². The molecule has 6 nitrogen and oxygen atoms in total. The number of alkyl halides is 3. The fourth-order valence-corrected chi connectivity index (χ4v) is 2.68. The van der Waals surface area contributed by atoms with E-state index in [9.17, 15) is 22.8 Å². The molecule has 0 radical (unpaired) electrons. The minimum absolute atomic E-state index is 0.129. The Labute approximate surface area is 135 Å². The molecule has 0 saturated heterocycles. The van der Waals surface area contributed by atoms with Crippen LogP contribution in [-0.4, -0.2) is 33.2 Å². The van der Waals surface area contributed by atoms with Crippen LogP contribution in [-0.2, 0) is 4.79 Å². The minimum Gasteiger partial charge on any atom is -0.318 e. The van der Waals surface area contributed by atoms with Gasteiger partial charge in [-0.05, 0) is 18.1 Å². The van der Waals surface area contributed by atoms with E-state index >= 15 is 0 Å². The van der Waals surface area contributed by atoms with Crippen molar-refractivity contribution in [2.24, 2.45) is 5.92 Å². The maximum atomic E-state index is 13.7. The van der Waals surface area contributed by atoms with Crippen molar-refractivity contribution in [1.82, 2.24) is 14.9 Å². The van der Waals surface area contributed by atoms with Crippen molar-refractivity contribution >= 4 is 28.8 Å². The number of halogens is 3. The Kier molecular flexibility index (Phi) is 3.54. The number of fused-ring (bicyclic) bond motifs is 3. The van der Waals surface area contributed by atoms with Crippen LogP contribution in [0.2, 0.25) is 0 Å². The largest absolute Gasteiger partial charge is 0.440 e. The zero-order valence-electron chi connectivity index (χ0n) is 12.9. The Morgan fingerprint density at radius 3 is 2.67 bits per heavy atom. The van der Waals surface area contributed by atoms with E-state index in [1.807, 2.05) is 5.32 Å². The molecule has 3 rings (SSSR count). The molecule has 1 aliphatic heterocycles. The molecule has 1 aromatic carbocycles. The number of nitrogens with one attached hydrogen (secondary N) is 2. The monoisotopic (exact) mass is 340 g/mol. The number of hydrogen-bond acceptors (Lipinski definition) is 4. The summed E-state index contributed by atoms with van der Waals surface area (Å²) < 4.78 is 41.8. The predicted octanol–water partition coefficient (Wildman–Crippen LogP) is 2.52. The topological polar surface area (TPSA) is 76.0 Å². The van der Waals surface area contributed by atoms with Crippen LogP contribution in [0.4, 0.5) is 19.1 Å². The average molecular weight is 340 g/mol. The molecule has 2 N–H and O–H groups in total. The summed E-state index contributed by atoms with van der Waals surface area (Å²) in [7, 11) is 0. The number of carbonyl (C=O) groups excluding carboxylic acids is 2. The molecule has 0 saturated carbocycles. The Bertz CT molecular complexity index is 828.